The highest BCUT2D eigenvalue weighted by molar-refractivity contribution is 7.91. The maximum Gasteiger partial charge on any atom is 0.216 e. The van der Waals surface area contributed by atoms with Crippen LogP contribution in [0.15, 0.2) is 93.2 Å². The normalized spacial score (nSPS) is 11.4. The van der Waals surface area contributed by atoms with Gasteiger partial charge in [0.15, 0.2) is 16.3 Å². The van der Waals surface area contributed by atoms with E-state index in [9.17, 15) is 13.2 Å². The number of carbonyl (C=O) groups excluding carboxylic acids is 1. The summed E-state index contributed by atoms with van der Waals surface area (Å²) in [4.78, 5) is 12.9. The largest absolute Gasteiger partial charge is 0.354 e. The molecule has 0 amide bonds. The van der Waals surface area contributed by atoms with Gasteiger partial charge < -0.3 is 4.52 Å². The molecule has 0 N–H and O–H groups in total. The first-order valence-corrected chi connectivity index (χ1v) is 10.9. The zero-order valence-corrected chi connectivity index (χ0v) is 17.4. The number of ketones is 1. The molecule has 1 aromatic heterocycles. The first kappa shape index (κ1) is 20.1. The Labute approximate surface area is 178 Å². The fraction of sp³-hybridized carbons (Fsp3) is 0.0435. The Bertz CT molecular complexity index is 1310. The van der Waals surface area contributed by atoms with Gasteiger partial charge in [0.1, 0.15) is 0 Å². The van der Waals surface area contributed by atoms with E-state index in [1.165, 1.54) is 24.3 Å². The van der Waals surface area contributed by atoms with Crippen LogP contribution in [0.4, 0.5) is 0 Å². The Balaban J connectivity index is 1.94. The molecule has 30 heavy (non-hydrogen) atoms. The molecule has 150 valence electrons. The van der Waals surface area contributed by atoms with Crippen molar-refractivity contribution >= 4 is 27.2 Å². The van der Waals surface area contributed by atoms with Gasteiger partial charge >= 0.3 is 0 Å². The molecule has 1 heterocycles. The molecule has 4 rings (SSSR count). The standard InChI is InChI=1S/C23H16ClNO4S/c1-15-7-9-17(10-8-15)22-23(30(27,28)19-5-3-2-4-6-19)20(25-29-22)21(26)16-11-13-18(24)14-12-16/h2-14H,1H3. The monoisotopic (exact) mass is 437 g/mol. The molecular weight excluding hydrogens is 422 g/mol. The molecule has 7 heteroatoms. The van der Waals surface area contributed by atoms with Gasteiger partial charge in [0, 0.05) is 16.1 Å². The number of rotatable bonds is 5. The summed E-state index contributed by atoms with van der Waals surface area (Å²) in [6.07, 6.45) is 0. The highest BCUT2D eigenvalue weighted by Gasteiger charge is 2.34. The van der Waals surface area contributed by atoms with Gasteiger partial charge in [0.2, 0.25) is 15.6 Å². The van der Waals surface area contributed by atoms with Crippen molar-refractivity contribution in [1.82, 2.24) is 5.16 Å². The van der Waals surface area contributed by atoms with E-state index in [-0.39, 0.29) is 26.8 Å². The summed E-state index contributed by atoms with van der Waals surface area (Å²) in [6, 6.07) is 21.2. The van der Waals surface area contributed by atoms with E-state index in [4.69, 9.17) is 16.1 Å². The molecule has 0 saturated carbocycles. The topological polar surface area (TPSA) is 77.2 Å². The van der Waals surface area contributed by atoms with E-state index in [1.54, 1.807) is 42.5 Å². The first-order valence-electron chi connectivity index (χ1n) is 9.05. The Morgan fingerprint density at radius 1 is 0.900 bits per heavy atom. The van der Waals surface area contributed by atoms with E-state index in [2.05, 4.69) is 5.16 Å². The van der Waals surface area contributed by atoms with Gasteiger partial charge in [-0.25, -0.2) is 8.42 Å². The molecule has 4 aromatic rings. The molecule has 3 aromatic carbocycles. The van der Waals surface area contributed by atoms with Crippen LogP contribution < -0.4 is 0 Å². The minimum atomic E-state index is -4.08. The van der Waals surface area contributed by atoms with Crippen LogP contribution in [-0.2, 0) is 9.84 Å². The van der Waals surface area contributed by atoms with Gasteiger partial charge in [0.05, 0.1) is 4.90 Å². The fourth-order valence-corrected chi connectivity index (χ4v) is 4.68. The smallest absolute Gasteiger partial charge is 0.216 e. The highest BCUT2D eigenvalue weighted by Crippen LogP contribution is 2.35. The maximum atomic E-state index is 13.5. The average Bonchev–Trinajstić information content (AvgIpc) is 3.21. The molecule has 0 aliphatic rings. The summed E-state index contributed by atoms with van der Waals surface area (Å²) in [7, 11) is -4.08. The summed E-state index contributed by atoms with van der Waals surface area (Å²) in [5, 5.41) is 4.33. The summed E-state index contributed by atoms with van der Waals surface area (Å²) in [5.74, 6) is -0.542. The molecule has 5 nitrogen and oxygen atoms in total. The third kappa shape index (κ3) is 3.67. The zero-order valence-electron chi connectivity index (χ0n) is 15.9. The molecule has 0 aliphatic heterocycles. The number of nitrogens with zero attached hydrogens (tertiary/aromatic N) is 1. The molecule has 0 bridgehead atoms. The van der Waals surface area contributed by atoms with Crippen molar-refractivity contribution in [1.29, 1.82) is 0 Å². The number of sulfone groups is 1. The van der Waals surface area contributed by atoms with E-state index in [0.717, 1.165) is 5.56 Å². The zero-order chi connectivity index (χ0) is 21.3. The molecule has 0 radical (unpaired) electrons. The van der Waals surface area contributed by atoms with Crippen molar-refractivity contribution < 1.29 is 17.7 Å². The van der Waals surface area contributed by atoms with Crippen molar-refractivity contribution in [3.05, 3.63) is 101 Å². The van der Waals surface area contributed by atoms with Crippen LogP contribution in [0.2, 0.25) is 5.02 Å². The Hall–Kier alpha value is -3.22. The Morgan fingerprint density at radius 3 is 2.17 bits per heavy atom. The van der Waals surface area contributed by atoms with E-state index >= 15 is 0 Å². The second-order valence-electron chi connectivity index (χ2n) is 6.71. The number of hydrogen-bond acceptors (Lipinski definition) is 5. The number of halogens is 1. The SMILES string of the molecule is Cc1ccc(-c2onc(C(=O)c3ccc(Cl)cc3)c2S(=O)(=O)c2ccccc2)cc1. The molecule has 0 aliphatic carbocycles. The van der Waals surface area contributed by atoms with Crippen LogP contribution in [-0.4, -0.2) is 19.4 Å². The van der Waals surface area contributed by atoms with Crippen LogP contribution >= 0.6 is 11.6 Å². The fourth-order valence-electron chi connectivity index (χ4n) is 3.02. The summed E-state index contributed by atoms with van der Waals surface area (Å²) in [6.45, 7) is 1.92. The van der Waals surface area contributed by atoms with Crippen molar-refractivity contribution in [3.8, 4) is 11.3 Å². The minimum absolute atomic E-state index is 0.0242. The number of aromatic nitrogens is 1. The lowest BCUT2D eigenvalue weighted by molar-refractivity contribution is 0.102. The van der Waals surface area contributed by atoms with E-state index in [1.807, 2.05) is 19.1 Å². The number of carbonyl (C=O) groups is 1. The second kappa shape index (κ2) is 7.89. The molecule has 0 fully saturated rings. The Morgan fingerprint density at radius 2 is 1.53 bits per heavy atom. The first-order chi connectivity index (χ1) is 14.4. The minimum Gasteiger partial charge on any atom is -0.354 e. The van der Waals surface area contributed by atoms with Gasteiger partial charge in [-0.15, -0.1) is 0 Å². The molecule has 0 saturated heterocycles. The van der Waals surface area contributed by atoms with Crippen molar-refractivity contribution in [3.63, 3.8) is 0 Å². The molecule has 0 unspecified atom stereocenters. The lowest BCUT2D eigenvalue weighted by atomic mass is 10.1. The van der Waals surface area contributed by atoms with Crippen molar-refractivity contribution in [2.24, 2.45) is 0 Å². The van der Waals surface area contributed by atoms with Gasteiger partial charge in [-0.05, 0) is 43.3 Å². The summed E-state index contributed by atoms with van der Waals surface area (Å²) >= 11 is 5.90. The molecule has 0 atom stereocenters. The predicted molar refractivity (Wildman–Crippen MR) is 113 cm³/mol. The van der Waals surface area contributed by atoms with Crippen molar-refractivity contribution in [2.75, 3.05) is 0 Å². The van der Waals surface area contributed by atoms with Crippen molar-refractivity contribution in [2.45, 2.75) is 16.7 Å². The Kier molecular flexibility index (Phi) is 5.28. The summed E-state index contributed by atoms with van der Waals surface area (Å²) < 4.78 is 32.4. The maximum absolute atomic E-state index is 13.5. The third-order valence-corrected chi connectivity index (χ3v) is 6.67. The third-order valence-electron chi connectivity index (χ3n) is 4.61. The second-order valence-corrected chi connectivity index (χ2v) is 9.03. The van der Waals surface area contributed by atoms with Crippen LogP contribution in [0.25, 0.3) is 11.3 Å². The summed E-state index contributed by atoms with van der Waals surface area (Å²) in [5.41, 5.74) is 1.50. The van der Waals surface area contributed by atoms with Crippen LogP contribution in [0, 0.1) is 6.92 Å². The highest BCUT2D eigenvalue weighted by atomic mass is 35.5. The van der Waals surface area contributed by atoms with E-state index < -0.39 is 15.6 Å². The van der Waals surface area contributed by atoms with Crippen LogP contribution in [0.1, 0.15) is 21.6 Å². The lowest BCUT2D eigenvalue weighted by Crippen LogP contribution is -2.11. The number of benzene rings is 3. The van der Waals surface area contributed by atoms with Crippen LogP contribution in [0.5, 0.6) is 0 Å². The van der Waals surface area contributed by atoms with E-state index in [0.29, 0.717) is 10.6 Å². The number of aryl methyl sites for hydroxylation is 1. The molecular formula is C23H16ClNO4S. The lowest BCUT2D eigenvalue weighted by Gasteiger charge is -2.07. The quantitative estimate of drug-likeness (QED) is 0.392. The molecule has 0 spiro atoms. The van der Waals surface area contributed by atoms with Gasteiger partial charge in [-0.1, -0.05) is 64.8 Å². The van der Waals surface area contributed by atoms with Crippen LogP contribution in [0.3, 0.4) is 0 Å². The predicted octanol–water partition coefficient (Wildman–Crippen LogP) is 5.37. The van der Waals surface area contributed by atoms with Gasteiger partial charge in [0.25, 0.3) is 0 Å². The van der Waals surface area contributed by atoms with Gasteiger partial charge in [-0.3, -0.25) is 4.79 Å². The van der Waals surface area contributed by atoms with Gasteiger partial charge in [-0.2, -0.15) is 0 Å². The number of hydrogen-bond donors (Lipinski definition) is 0. The average molecular weight is 438 g/mol.